The van der Waals surface area contributed by atoms with Gasteiger partial charge >= 0.3 is 11.9 Å². The molecule has 0 aromatic rings. The second-order valence-electron chi connectivity index (χ2n) is 23.4. The van der Waals surface area contributed by atoms with Crippen LogP contribution in [-0.2, 0) is 32.7 Å². The number of carbonyl (C=O) groups excluding carboxylic acids is 2. The van der Waals surface area contributed by atoms with Gasteiger partial charge in [0, 0.05) is 12.8 Å². The Morgan fingerprint density at radius 1 is 0.378 bits per heavy atom. The van der Waals surface area contributed by atoms with Crippen LogP contribution in [0.4, 0.5) is 0 Å². The third kappa shape index (κ3) is 65.8. The second kappa shape index (κ2) is 62.2. The summed E-state index contributed by atoms with van der Waals surface area (Å²) in [5, 5.41) is 0. The van der Waals surface area contributed by atoms with Crippen molar-refractivity contribution >= 4 is 19.8 Å². The first-order valence-electron chi connectivity index (χ1n) is 33.6. The van der Waals surface area contributed by atoms with Crippen molar-refractivity contribution in [3.05, 3.63) is 109 Å². The Kier molecular flexibility index (Phi) is 59.7. The van der Waals surface area contributed by atoms with Crippen LogP contribution in [0.2, 0.25) is 0 Å². The van der Waals surface area contributed by atoms with E-state index in [2.05, 4.69) is 123 Å². The molecule has 0 spiro atoms. The number of carbonyl (C=O) groups is 2. The van der Waals surface area contributed by atoms with Crippen LogP contribution in [0.3, 0.4) is 0 Å². The Morgan fingerprint density at radius 2 is 0.659 bits per heavy atom. The molecule has 9 nitrogen and oxygen atoms in total. The van der Waals surface area contributed by atoms with Crippen LogP contribution in [-0.4, -0.2) is 70.0 Å². The van der Waals surface area contributed by atoms with E-state index in [0.717, 1.165) is 103 Å². The lowest BCUT2D eigenvalue weighted by Gasteiger charge is -2.28. The van der Waals surface area contributed by atoms with Crippen molar-refractivity contribution in [3.8, 4) is 0 Å². The number of allylic oxidation sites excluding steroid dienone is 18. The highest BCUT2D eigenvalue weighted by molar-refractivity contribution is 7.45. The molecule has 0 amide bonds. The van der Waals surface area contributed by atoms with Gasteiger partial charge in [-0.1, -0.05) is 284 Å². The van der Waals surface area contributed by atoms with Gasteiger partial charge in [0.25, 0.3) is 7.82 Å². The number of phosphoric ester groups is 1. The van der Waals surface area contributed by atoms with E-state index < -0.39 is 26.5 Å². The standard InChI is InChI=1S/C72H126NO8P/c1-6-8-10-12-14-16-18-20-22-24-26-28-30-32-34-35-36-37-39-40-42-44-46-48-50-52-54-56-58-60-62-64-71(74)78-68-70(69-80-82(76,77)79-67-66-73(3,4)5)81-72(75)65-63-61-59-57-55-53-51-49-47-45-43-41-38-33-31-29-27-25-23-21-19-17-15-13-11-9-7-2/h8-11,14-17,20-23,26-29,33,38,70H,6-7,12-13,18-19,24-25,30-32,34-37,39-69H2,1-5H3/b10-8-,11-9-,16-14-,17-15-,22-20-,23-21-,28-26-,29-27-,38-33-. The summed E-state index contributed by atoms with van der Waals surface area (Å²) in [5.41, 5.74) is 0. The number of rotatable bonds is 61. The molecule has 0 rings (SSSR count). The third-order valence-corrected chi connectivity index (χ3v) is 15.3. The van der Waals surface area contributed by atoms with Gasteiger partial charge in [0.05, 0.1) is 27.7 Å². The number of likely N-dealkylation sites (N-methyl/N-ethyl adjacent to an activating group) is 1. The lowest BCUT2D eigenvalue weighted by molar-refractivity contribution is -0.870. The number of nitrogens with zero attached hydrogens (tertiary/aromatic N) is 1. The van der Waals surface area contributed by atoms with Gasteiger partial charge < -0.3 is 27.9 Å². The summed E-state index contributed by atoms with van der Waals surface area (Å²) in [4.78, 5) is 38.0. The molecule has 0 saturated heterocycles. The van der Waals surface area contributed by atoms with E-state index in [4.69, 9.17) is 18.5 Å². The number of phosphoric acid groups is 1. The molecule has 0 saturated carbocycles. The number of esters is 2. The summed E-state index contributed by atoms with van der Waals surface area (Å²) in [7, 11) is 1.16. The predicted molar refractivity (Wildman–Crippen MR) is 351 cm³/mol. The second-order valence-corrected chi connectivity index (χ2v) is 24.8. The van der Waals surface area contributed by atoms with Gasteiger partial charge in [-0.25, -0.2) is 0 Å². The predicted octanol–water partition coefficient (Wildman–Crippen LogP) is 21.1. The number of hydrogen-bond acceptors (Lipinski definition) is 8. The molecular formula is C72H126NO8P. The Labute approximate surface area is 506 Å². The molecule has 10 heteroatoms. The molecule has 0 heterocycles. The quantitative estimate of drug-likeness (QED) is 0.0195. The van der Waals surface area contributed by atoms with Gasteiger partial charge in [-0.15, -0.1) is 0 Å². The van der Waals surface area contributed by atoms with Crippen LogP contribution < -0.4 is 4.89 Å². The largest absolute Gasteiger partial charge is 0.756 e. The van der Waals surface area contributed by atoms with Crippen molar-refractivity contribution in [2.45, 2.75) is 290 Å². The molecule has 472 valence electrons. The maximum absolute atomic E-state index is 12.9. The number of unbranched alkanes of at least 4 members (excludes halogenated alkanes) is 29. The number of quaternary nitrogens is 1. The normalized spacial score (nSPS) is 13.9. The minimum Gasteiger partial charge on any atom is -0.756 e. The molecule has 0 aliphatic rings. The molecule has 0 aromatic heterocycles. The van der Waals surface area contributed by atoms with Crippen LogP contribution in [0, 0.1) is 0 Å². The van der Waals surface area contributed by atoms with Crippen molar-refractivity contribution in [3.63, 3.8) is 0 Å². The van der Waals surface area contributed by atoms with E-state index in [1.54, 1.807) is 0 Å². The summed E-state index contributed by atoms with van der Waals surface area (Å²) in [6, 6.07) is 0. The van der Waals surface area contributed by atoms with E-state index in [1.807, 2.05) is 21.1 Å². The third-order valence-electron chi connectivity index (χ3n) is 14.3. The zero-order valence-electron chi connectivity index (χ0n) is 53.7. The van der Waals surface area contributed by atoms with Crippen molar-refractivity contribution in [1.82, 2.24) is 0 Å². The van der Waals surface area contributed by atoms with Gasteiger partial charge in [-0.2, -0.15) is 0 Å². The minimum atomic E-state index is -4.65. The monoisotopic (exact) mass is 1160 g/mol. The van der Waals surface area contributed by atoms with Gasteiger partial charge in [0.2, 0.25) is 0 Å². The molecule has 0 radical (unpaired) electrons. The van der Waals surface area contributed by atoms with Crippen molar-refractivity contribution < 1.29 is 42.1 Å². The first-order chi connectivity index (χ1) is 40.0. The summed E-state index contributed by atoms with van der Waals surface area (Å²) >= 11 is 0. The molecule has 2 atom stereocenters. The van der Waals surface area contributed by atoms with Gasteiger partial charge in [0.1, 0.15) is 19.8 Å². The molecule has 2 unspecified atom stereocenters. The number of ether oxygens (including phenoxy) is 2. The van der Waals surface area contributed by atoms with Crippen LogP contribution in [0.1, 0.15) is 284 Å². The fourth-order valence-corrected chi connectivity index (χ4v) is 9.93. The highest BCUT2D eigenvalue weighted by atomic mass is 31.2. The number of hydrogen-bond donors (Lipinski definition) is 0. The smallest absolute Gasteiger partial charge is 0.306 e. The Bertz CT molecular complexity index is 1750. The minimum absolute atomic E-state index is 0.0347. The summed E-state index contributed by atoms with van der Waals surface area (Å²) < 4.78 is 34.3. The Hall–Kier alpha value is -3.33. The first kappa shape index (κ1) is 78.7. The Balaban J connectivity index is 4.07. The average Bonchev–Trinajstić information content (AvgIpc) is 3.46. The van der Waals surface area contributed by atoms with E-state index in [0.29, 0.717) is 17.4 Å². The van der Waals surface area contributed by atoms with E-state index in [9.17, 15) is 19.0 Å². The zero-order valence-corrected chi connectivity index (χ0v) is 54.6. The first-order valence-corrected chi connectivity index (χ1v) is 35.1. The maximum atomic E-state index is 12.9. The lowest BCUT2D eigenvalue weighted by atomic mass is 10.0. The molecule has 0 N–H and O–H groups in total. The SMILES string of the molecule is CC/C=C\C/C=C\C/C=C\C/C=C\C/C=C\CCCCCCCCCCCCCC(=O)OC(COC(=O)CCCCCCCCCCCCCCCCCCCC/C=C\C/C=C\C/C=C\C/C=C\CC)COP(=O)([O-])OCC[N+](C)(C)C. The molecule has 82 heavy (non-hydrogen) atoms. The van der Waals surface area contributed by atoms with Crippen molar-refractivity contribution in [2.24, 2.45) is 0 Å². The molecule has 0 aromatic carbocycles. The maximum Gasteiger partial charge on any atom is 0.306 e. The summed E-state index contributed by atoms with van der Waals surface area (Å²) in [6.07, 6.45) is 87.3. The van der Waals surface area contributed by atoms with Crippen LogP contribution in [0.15, 0.2) is 109 Å². The Morgan fingerprint density at radius 3 is 0.976 bits per heavy atom. The van der Waals surface area contributed by atoms with E-state index in [1.165, 1.54) is 148 Å². The molecular weight excluding hydrogens is 1040 g/mol. The lowest BCUT2D eigenvalue weighted by Crippen LogP contribution is -2.37. The molecule has 0 fully saturated rings. The fraction of sp³-hybridized carbons (Fsp3) is 0.722. The van der Waals surface area contributed by atoms with Crippen molar-refractivity contribution in [2.75, 3.05) is 47.5 Å². The molecule has 0 aliphatic carbocycles. The summed E-state index contributed by atoms with van der Waals surface area (Å²) in [5.74, 6) is -0.832. The van der Waals surface area contributed by atoms with Gasteiger partial charge in [-0.05, 0) is 96.3 Å². The van der Waals surface area contributed by atoms with E-state index >= 15 is 0 Å². The molecule has 0 bridgehead atoms. The van der Waals surface area contributed by atoms with Crippen LogP contribution in [0.5, 0.6) is 0 Å². The zero-order chi connectivity index (χ0) is 59.8. The van der Waals surface area contributed by atoms with Crippen LogP contribution in [0.25, 0.3) is 0 Å². The van der Waals surface area contributed by atoms with Gasteiger partial charge in [-0.3, -0.25) is 14.2 Å². The van der Waals surface area contributed by atoms with Crippen LogP contribution >= 0.6 is 7.82 Å². The average molecular weight is 1160 g/mol. The molecule has 0 aliphatic heterocycles. The highest BCUT2D eigenvalue weighted by Gasteiger charge is 2.22. The fourth-order valence-electron chi connectivity index (χ4n) is 9.21. The summed E-state index contributed by atoms with van der Waals surface area (Å²) in [6.45, 7) is 4.03. The topological polar surface area (TPSA) is 111 Å². The van der Waals surface area contributed by atoms with Crippen molar-refractivity contribution in [1.29, 1.82) is 0 Å². The van der Waals surface area contributed by atoms with Gasteiger partial charge in [0.15, 0.2) is 6.10 Å². The van der Waals surface area contributed by atoms with E-state index in [-0.39, 0.29) is 32.0 Å². The highest BCUT2D eigenvalue weighted by Crippen LogP contribution is 2.38.